The number of aromatic nitrogens is 3. The molecule has 10 heteroatoms. The average molecular weight is 442 g/mol. The van der Waals surface area contributed by atoms with Crippen molar-refractivity contribution in [2.75, 3.05) is 26.3 Å². The van der Waals surface area contributed by atoms with E-state index in [0.29, 0.717) is 43.6 Å². The highest BCUT2D eigenvalue weighted by molar-refractivity contribution is 7.89. The number of hydrogen-bond donors (Lipinski definition) is 0. The van der Waals surface area contributed by atoms with Gasteiger partial charge in [0.15, 0.2) is 17.3 Å². The number of piperidine rings is 1. The Morgan fingerprint density at radius 3 is 2.77 bits per heavy atom. The molecular formula is C21H22N4O5S. The van der Waals surface area contributed by atoms with Gasteiger partial charge < -0.3 is 14.0 Å². The molecule has 2 aromatic heterocycles. The Kier molecular flexibility index (Phi) is 5.11. The van der Waals surface area contributed by atoms with Crippen LogP contribution in [0.4, 0.5) is 0 Å². The van der Waals surface area contributed by atoms with Gasteiger partial charge in [0.25, 0.3) is 0 Å². The average Bonchev–Trinajstić information content (AvgIpc) is 3.25. The van der Waals surface area contributed by atoms with Crippen LogP contribution >= 0.6 is 0 Å². The normalized spacial score (nSPS) is 19.3. The number of nitrogens with zero attached hydrogens (tertiary/aromatic N) is 4. The van der Waals surface area contributed by atoms with Crippen LogP contribution in [0.3, 0.4) is 0 Å². The number of sulfonamides is 1. The first-order valence-corrected chi connectivity index (χ1v) is 11.6. The quantitative estimate of drug-likeness (QED) is 0.607. The largest absolute Gasteiger partial charge is 0.486 e. The third-order valence-electron chi connectivity index (χ3n) is 5.56. The molecular weight excluding hydrogens is 420 g/mol. The highest BCUT2D eigenvalue weighted by Gasteiger charge is 2.33. The van der Waals surface area contributed by atoms with E-state index >= 15 is 0 Å². The number of benzene rings is 1. The van der Waals surface area contributed by atoms with Gasteiger partial charge in [0.05, 0.1) is 21.8 Å². The summed E-state index contributed by atoms with van der Waals surface area (Å²) in [7, 11) is -3.69. The molecule has 0 N–H and O–H groups in total. The van der Waals surface area contributed by atoms with Gasteiger partial charge in [-0.2, -0.15) is 4.31 Å². The summed E-state index contributed by atoms with van der Waals surface area (Å²) >= 11 is 0. The van der Waals surface area contributed by atoms with E-state index in [4.69, 9.17) is 14.0 Å². The number of ether oxygens (including phenoxy) is 2. The Morgan fingerprint density at radius 2 is 1.97 bits per heavy atom. The van der Waals surface area contributed by atoms with Crippen molar-refractivity contribution < 1.29 is 22.4 Å². The summed E-state index contributed by atoms with van der Waals surface area (Å²) in [6.45, 7) is 3.49. The maximum Gasteiger partial charge on any atom is 0.243 e. The highest BCUT2D eigenvalue weighted by atomic mass is 32.2. The summed E-state index contributed by atoms with van der Waals surface area (Å²) in [6, 6.07) is 6.59. The molecule has 0 spiro atoms. The van der Waals surface area contributed by atoms with E-state index in [2.05, 4.69) is 15.1 Å². The fourth-order valence-electron chi connectivity index (χ4n) is 4.06. The van der Waals surface area contributed by atoms with Crippen LogP contribution in [0.15, 0.2) is 46.2 Å². The van der Waals surface area contributed by atoms with E-state index in [0.717, 1.165) is 29.8 Å². The maximum absolute atomic E-state index is 13.4. The molecule has 0 radical (unpaired) electrons. The van der Waals surface area contributed by atoms with Crippen LogP contribution < -0.4 is 9.47 Å². The van der Waals surface area contributed by atoms with E-state index in [-0.39, 0.29) is 10.8 Å². The van der Waals surface area contributed by atoms with Gasteiger partial charge in [0.2, 0.25) is 10.0 Å². The molecule has 1 fully saturated rings. The van der Waals surface area contributed by atoms with Crippen molar-refractivity contribution in [3.63, 3.8) is 0 Å². The third kappa shape index (κ3) is 3.77. The fraction of sp³-hybridized carbons (Fsp3) is 0.381. The second-order valence-electron chi connectivity index (χ2n) is 7.66. The smallest absolute Gasteiger partial charge is 0.243 e. The Balaban J connectivity index is 1.44. The van der Waals surface area contributed by atoms with Crippen LogP contribution in [0.5, 0.6) is 11.5 Å². The number of rotatable bonds is 4. The summed E-state index contributed by atoms with van der Waals surface area (Å²) in [5, 5.41) is 3.95. The molecule has 1 atom stereocenters. The lowest BCUT2D eigenvalue weighted by atomic mass is 9.92. The Hall–Kier alpha value is -2.98. The molecule has 162 valence electrons. The molecule has 0 aliphatic carbocycles. The van der Waals surface area contributed by atoms with E-state index in [1.54, 1.807) is 24.4 Å². The highest BCUT2D eigenvalue weighted by Crippen LogP contribution is 2.37. The van der Waals surface area contributed by atoms with Crippen LogP contribution in [0.2, 0.25) is 0 Å². The lowest BCUT2D eigenvalue weighted by Gasteiger charge is -2.32. The summed E-state index contributed by atoms with van der Waals surface area (Å²) in [5.41, 5.74) is 2.27. The molecule has 0 saturated carbocycles. The van der Waals surface area contributed by atoms with E-state index < -0.39 is 10.0 Å². The minimum Gasteiger partial charge on any atom is -0.486 e. The summed E-state index contributed by atoms with van der Waals surface area (Å²) in [4.78, 5) is 8.80. The molecule has 1 unspecified atom stereocenters. The lowest BCUT2D eigenvalue weighted by molar-refractivity contribution is 0.171. The SMILES string of the molecule is Cc1cc(-c2cncnc2C2CCCN(S(=O)(=O)c3ccc4c(c3)OCCO4)C2)on1. The predicted octanol–water partition coefficient (Wildman–Crippen LogP) is 2.78. The van der Waals surface area contributed by atoms with Crippen LogP contribution in [-0.2, 0) is 10.0 Å². The number of hydrogen-bond acceptors (Lipinski definition) is 8. The molecule has 0 bridgehead atoms. The van der Waals surface area contributed by atoms with Gasteiger partial charge in [-0.3, -0.25) is 0 Å². The van der Waals surface area contributed by atoms with Gasteiger partial charge in [-0.05, 0) is 31.9 Å². The van der Waals surface area contributed by atoms with E-state index in [1.807, 2.05) is 13.0 Å². The van der Waals surface area contributed by atoms with Gasteiger partial charge in [0, 0.05) is 37.3 Å². The standard InChI is InChI=1S/C21H22N4O5S/c1-14-9-19(30-24-14)17-11-22-13-23-21(17)15-3-2-6-25(12-15)31(26,27)16-4-5-18-20(10-16)29-8-7-28-18/h4-5,9-11,13,15H,2-3,6-8,12H2,1H3. The second kappa shape index (κ2) is 7.93. The van der Waals surface area contributed by atoms with Crippen molar-refractivity contribution in [2.45, 2.75) is 30.6 Å². The van der Waals surface area contributed by atoms with Crippen molar-refractivity contribution in [3.8, 4) is 22.8 Å². The zero-order valence-corrected chi connectivity index (χ0v) is 17.8. The second-order valence-corrected chi connectivity index (χ2v) is 9.60. The zero-order valence-electron chi connectivity index (χ0n) is 17.0. The maximum atomic E-state index is 13.4. The molecule has 0 amide bonds. The number of fused-ring (bicyclic) bond motifs is 1. The van der Waals surface area contributed by atoms with Gasteiger partial charge in [0.1, 0.15) is 19.5 Å². The van der Waals surface area contributed by atoms with Crippen molar-refractivity contribution in [3.05, 3.63) is 48.2 Å². The Morgan fingerprint density at radius 1 is 1.13 bits per heavy atom. The first-order valence-electron chi connectivity index (χ1n) is 10.2. The minimum atomic E-state index is -3.69. The number of aryl methyl sites for hydroxylation is 1. The fourth-order valence-corrected chi connectivity index (χ4v) is 5.60. The molecule has 1 saturated heterocycles. The Labute approximate surface area is 180 Å². The molecule has 1 aromatic carbocycles. The van der Waals surface area contributed by atoms with Crippen molar-refractivity contribution >= 4 is 10.0 Å². The minimum absolute atomic E-state index is 0.0795. The van der Waals surface area contributed by atoms with Gasteiger partial charge in [-0.15, -0.1) is 0 Å². The topological polar surface area (TPSA) is 108 Å². The van der Waals surface area contributed by atoms with Crippen LogP contribution in [0.1, 0.15) is 30.1 Å². The van der Waals surface area contributed by atoms with Gasteiger partial charge in [-0.25, -0.2) is 18.4 Å². The summed E-state index contributed by atoms with van der Waals surface area (Å²) < 4.78 is 44.8. The predicted molar refractivity (Wildman–Crippen MR) is 110 cm³/mol. The Bertz CT molecular complexity index is 1210. The van der Waals surface area contributed by atoms with Crippen LogP contribution in [0.25, 0.3) is 11.3 Å². The molecule has 3 aromatic rings. The monoisotopic (exact) mass is 442 g/mol. The van der Waals surface area contributed by atoms with Crippen LogP contribution in [-0.4, -0.2) is 54.2 Å². The molecule has 9 nitrogen and oxygen atoms in total. The summed E-state index contributed by atoms with van der Waals surface area (Å²) in [6.07, 6.45) is 4.73. The molecule has 31 heavy (non-hydrogen) atoms. The molecule has 5 rings (SSSR count). The van der Waals surface area contributed by atoms with E-state index in [1.165, 1.54) is 10.6 Å². The van der Waals surface area contributed by atoms with Gasteiger partial charge >= 0.3 is 0 Å². The third-order valence-corrected chi connectivity index (χ3v) is 7.42. The van der Waals surface area contributed by atoms with Crippen molar-refractivity contribution in [2.24, 2.45) is 0 Å². The van der Waals surface area contributed by atoms with Crippen LogP contribution in [0, 0.1) is 6.92 Å². The van der Waals surface area contributed by atoms with Gasteiger partial charge in [-0.1, -0.05) is 5.16 Å². The zero-order chi connectivity index (χ0) is 21.4. The molecule has 2 aliphatic heterocycles. The molecule has 2 aliphatic rings. The van der Waals surface area contributed by atoms with Crippen molar-refractivity contribution in [1.29, 1.82) is 0 Å². The van der Waals surface area contributed by atoms with Crippen molar-refractivity contribution in [1.82, 2.24) is 19.4 Å². The first-order chi connectivity index (χ1) is 15.0. The van der Waals surface area contributed by atoms with E-state index in [9.17, 15) is 8.42 Å². The molecule has 4 heterocycles. The lowest BCUT2D eigenvalue weighted by Crippen LogP contribution is -2.39. The first kappa shape index (κ1) is 20.0. The summed E-state index contributed by atoms with van der Waals surface area (Å²) in [5.74, 6) is 1.53.